The molecule has 0 spiro atoms. The number of rotatable bonds is 7. The van der Waals surface area contributed by atoms with Gasteiger partial charge in [0.2, 0.25) is 11.5 Å². The van der Waals surface area contributed by atoms with Crippen LogP contribution in [-0.2, 0) is 26.1 Å². The Morgan fingerprint density at radius 2 is 1.95 bits per heavy atom. The van der Waals surface area contributed by atoms with E-state index in [0.29, 0.717) is 20.4 Å². The first-order valence-electron chi connectivity index (χ1n) is 11.0. The molecule has 12 nitrogen and oxygen atoms in total. The van der Waals surface area contributed by atoms with Crippen molar-refractivity contribution >= 4 is 33.4 Å². The number of ether oxygens (including phenoxy) is 2. The summed E-state index contributed by atoms with van der Waals surface area (Å²) in [6.07, 6.45) is -5.96. The van der Waals surface area contributed by atoms with Gasteiger partial charge in [-0.1, -0.05) is 0 Å². The molecule has 16 heteroatoms. The number of halogens is 3. The zero-order valence-electron chi connectivity index (χ0n) is 20.3. The van der Waals surface area contributed by atoms with Crippen LogP contribution in [0.3, 0.4) is 0 Å². The molecular weight excluding hydrogens is 523 g/mol. The van der Waals surface area contributed by atoms with Gasteiger partial charge in [0.15, 0.2) is 4.90 Å². The third-order valence-corrected chi connectivity index (χ3v) is 7.17. The van der Waals surface area contributed by atoms with E-state index in [1.165, 1.54) is 23.7 Å². The molecule has 2 heterocycles. The van der Waals surface area contributed by atoms with Gasteiger partial charge in [0.05, 0.1) is 18.8 Å². The molecule has 2 amide bonds. The van der Waals surface area contributed by atoms with Crippen molar-refractivity contribution in [3.8, 4) is 5.75 Å². The Morgan fingerprint density at radius 1 is 1.27 bits per heavy atom. The average molecular weight is 550 g/mol. The van der Waals surface area contributed by atoms with Gasteiger partial charge >= 0.3 is 12.3 Å². The summed E-state index contributed by atoms with van der Waals surface area (Å²) in [6.45, 7) is 4.24. The number of anilines is 2. The predicted molar refractivity (Wildman–Crippen MR) is 125 cm³/mol. The lowest BCUT2D eigenvalue weighted by Gasteiger charge is -2.35. The van der Waals surface area contributed by atoms with Crippen molar-refractivity contribution in [2.24, 2.45) is 0 Å². The summed E-state index contributed by atoms with van der Waals surface area (Å²) in [5.41, 5.74) is -3.82. The van der Waals surface area contributed by atoms with Crippen LogP contribution in [-0.4, -0.2) is 61.2 Å². The van der Waals surface area contributed by atoms with Crippen LogP contribution in [0.5, 0.6) is 5.75 Å². The molecule has 0 radical (unpaired) electrons. The Kier molecular flexibility index (Phi) is 7.53. The first kappa shape index (κ1) is 27.9. The van der Waals surface area contributed by atoms with E-state index in [1.807, 2.05) is 0 Å². The Labute approximate surface area is 209 Å². The molecule has 1 aliphatic rings. The van der Waals surface area contributed by atoms with Crippen LogP contribution in [0, 0.1) is 0 Å². The lowest BCUT2D eigenvalue weighted by atomic mass is 10.1. The quantitative estimate of drug-likeness (QED) is 0.479. The van der Waals surface area contributed by atoms with Crippen molar-refractivity contribution in [1.82, 2.24) is 15.1 Å². The highest BCUT2D eigenvalue weighted by atomic mass is 32.2. The van der Waals surface area contributed by atoms with E-state index in [4.69, 9.17) is 4.74 Å². The van der Waals surface area contributed by atoms with Gasteiger partial charge in [-0.2, -0.15) is 13.2 Å². The molecule has 1 atom stereocenters. The van der Waals surface area contributed by atoms with Gasteiger partial charge < -0.3 is 14.8 Å². The number of aromatic nitrogens is 2. The Bertz CT molecular complexity index is 1350. The van der Waals surface area contributed by atoms with Crippen LogP contribution >= 0.6 is 0 Å². The number of amides is 2. The summed E-state index contributed by atoms with van der Waals surface area (Å²) in [7, 11) is -4.48. The third-order valence-electron chi connectivity index (χ3n) is 5.40. The second-order valence-electron chi connectivity index (χ2n) is 8.64. The molecule has 1 aliphatic heterocycles. The number of fused-ring (bicyclic) bond motifs is 1. The number of H-pyrrole nitrogens is 1. The topological polar surface area (TPSA) is 152 Å². The highest BCUT2D eigenvalue weighted by molar-refractivity contribution is 7.92. The maximum absolute atomic E-state index is 13.5. The maximum Gasteiger partial charge on any atom is 0.427 e. The molecule has 3 rings (SSSR count). The van der Waals surface area contributed by atoms with Crippen molar-refractivity contribution in [3.63, 3.8) is 0 Å². The number of nitrogens with zero attached hydrogens (tertiary/aromatic N) is 2. The summed E-state index contributed by atoms with van der Waals surface area (Å²) in [6, 6.07) is 3.73. The number of nitrogens with one attached hydrogen (secondary N) is 3. The minimum atomic E-state index is -4.83. The molecule has 0 saturated carbocycles. The highest BCUT2D eigenvalue weighted by Gasteiger charge is 2.51. The normalized spacial score (nSPS) is 16.0. The number of hydrogen-bond donors (Lipinski definition) is 3. The molecule has 204 valence electrons. The van der Waals surface area contributed by atoms with Crippen LogP contribution in [0.1, 0.15) is 27.7 Å². The second-order valence-corrected chi connectivity index (χ2v) is 10.5. The standard InChI is InChI=1S/C21H26F3N5O7S/c1-5-28-11-17(18(31)27-28)37(33,34)29-10-14(9-25-12(2)30)35-16-7-6-13(8-15(16)29)26-19(32)36-20(3,4)21(22,23)24/h6-8,11,14H,5,9-10H2,1-4H3,(H,25,30)(H,26,32)(H,27,31). The molecule has 0 aliphatic carbocycles. The fraction of sp³-hybridized carbons (Fsp3) is 0.476. The first-order chi connectivity index (χ1) is 17.0. The van der Waals surface area contributed by atoms with Crippen LogP contribution < -0.4 is 25.2 Å². The van der Waals surface area contributed by atoms with Crippen LogP contribution in [0.25, 0.3) is 0 Å². The fourth-order valence-electron chi connectivity index (χ4n) is 3.30. The minimum Gasteiger partial charge on any atom is -0.484 e. The molecule has 0 bridgehead atoms. The van der Waals surface area contributed by atoms with Gasteiger partial charge in [-0.05, 0) is 39.0 Å². The summed E-state index contributed by atoms with van der Waals surface area (Å²) in [5, 5.41) is 7.06. The largest absolute Gasteiger partial charge is 0.484 e. The van der Waals surface area contributed by atoms with Gasteiger partial charge in [0.25, 0.3) is 15.6 Å². The lowest BCUT2D eigenvalue weighted by molar-refractivity contribution is -0.242. The number of alkyl halides is 3. The van der Waals surface area contributed by atoms with E-state index in [9.17, 15) is 36.0 Å². The van der Waals surface area contributed by atoms with Crippen molar-refractivity contribution in [2.45, 2.75) is 57.0 Å². The molecule has 0 fully saturated rings. The van der Waals surface area contributed by atoms with Crippen molar-refractivity contribution in [1.29, 1.82) is 0 Å². The van der Waals surface area contributed by atoms with E-state index < -0.39 is 44.5 Å². The average Bonchev–Trinajstić information content (AvgIpc) is 3.17. The van der Waals surface area contributed by atoms with Crippen molar-refractivity contribution in [3.05, 3.63) is 34.7 Å². The molecule has 2 aromatic rings. The summed E-state index contributed by atoms with van der Waals surface area (Å²) in [4.78, 5) is 35.3. The number of carbonyl (C=O) groups excluding carboxylic acids is 2. The van der Waals surface area contributed by atoms with E-state index in [2.05, 4.69) is 20.5 Å². The number of benzene rings is 1. The van der Waals surface area contributed by atoms with Gasteiger partial charge in [-0.3, -0.25) is 29.0 Å². The number of aryl methyl sites for hydroxylation is 1. The Hall–Kier alpha value is -3.69. The zero-order valence-corrected chi connectivity index (χ0v) is 21.1. The SMILES string of the molecule is CCn1cc(S(=O)(=O)N2CC(CNC(C)=O)Oc3ccc(NC(=O)OC(C)(C)C(F)(F)F)cc32)c(=O)[nH]1. The van der Waals surface area contributed by atoms with E-state index in [0.717, 1.165) is 16.6 Å². The molecule has 1 aromatic heterocycles. The smallest absolute Gasteiger partial charge is 0.427 e. The number of hydrogen-bond acceptors (Lipinski definition) is 7. The third kappa shape index (κ3) is 6.00. The first-order valence-corrected chi connectivity index (χ1v) is 12.4. The van der Waals surface area contributed by atoms with Crippen molar-refractivity contribution < 1.29 is 40.7 Å². The number of aromatic amines is 1. The Balaban J connectivity index is 1.98. The summed E-state index contributed by atoms with van der Waals surface area (Å²) < 4.78 is 78.7. The number of carbonyl (C=O) groups is 2. The van der Waals surface area contributed by atoms with Crippen LogP contribution in [0.15, 0.2) is 34.1 Å². The fourth-order valence-corrected chi connectivity index (χ4v) is 4.85. The van der Waals surface area contributed by atoms with Crippen LogP contribution in [0.4, 0.5) is 29.3 Å². The minimum absolute atomic E-state index is 0.0334. The van der Waals surface area contributed by atoms with E-state index in [-0.39, 0.29) is 36.1 Å². The lowest BCUT2D eigenvalue weighted by Crippen LogP contribution is -2.48. The molecule has 3 N–H and O–H groups in total. The molecular formula is C21H26F3N5O7S. The van der Waals surface area contributed by atoms with Crippen LogP contribution in [0.2, 0.25) is 0 Å². The summed E-state index contributed by atoms with van der Waals surface area (Å²) in [5.74, 6) is -0.341. The maximum atomic E-state index is 13.5. The monoisotopic (exact) mass is 549 g/mol. The number of sulfonamides is 1. The molecule has 0 saturated heterocycles. The van der Waals surface area contributed by atoms with Gasteiger partial charge in [0, 0.05) is 25.4 Å². The van der Waals surface area contributed by atoms with Gasteiger partial charge in [-0.15, -0.1) is 0 Å². The molecule has 37 heavy (non-hydrogen) atoms. The molecule has 1 aromatic carbocycles. The predicted octanol–water partition coefficient (Wildman–Crippen LogP) is 2.18. The Morgan fingerprint density at radius 3 is 2.51 bits per heavy atom. The van der Waals surface area contributed by atoms with Gasteiger partial charge in [-0.25, -0.2) is 13.2 Å². The van der Waals surface area contributed by atoms with Gasteiger partial charge in [0.1, 0.15) is 11.9 Å². The van der Waals surface area contributed by atoms with E-state index >= 15 is 0 Å². The van der Waals surface area contributed by atoms with Crippen molar-refractivity contribution in [2.75, 3.05) is 22.7 Å². The highest BCUT2D eigenvalue weighted by Crippen LogP contribution is 2.39. The van der Waals surface area contributed by atoms with E-state index in [1.54, 1.807) is 6.92 Å². The zero-order chi connectivity index (χ0) is 27.8. The summed E-state index contributed by atoms with van der Waals surface area (Å²) >= 11 is 0. The second kappa shape index (κ2) is 9.99. The molecule has 1 unspecified atom stereocenters.